The van der Waals surface area contributed by atoms with Gasteiger partial charge in [-0.05, 0) is 22.0 Å². The number of amides is 1. The van der Waals surface area contributed by atoms with Crippen molar-refractivity contribution in [3.63, 3.8) is 0 Å². The molecule has 74 valence electrons. The van der Waals surface area contributed by atoms with E-state index in [-0.39, 0.29) is 11.3 Å². The predicted molar refractivity (Wildman–Crippen MR) is 52.4 cm³/mol. The second-order valence-corrected chi connectivity index (χ2v) is 3.22. The van der Waals surface area contributed by atoms with E-state index in [9.17, 15) is 14.9 Å². The number of hydrogen-bond acceptors (Lipinski definition) is 4. The van der Waals surface area contributed by atoms with Crippen LogP contribution in [0.1, 0.15) is 10.4 Å². The first-order chi connectivity index (χ1) is 6.57. The van der Waals surface area contributed by atoms with Crippen LogP contribution in [0.4, 0.5) is 5.69 Å². The number of nitrogens with two attached hydrogens (primary N) is 1. The van der Waals surface area contributed by atoms with E-state index in [1.165, 1.54) is 18.2 Å². The average Bonchev–Trinajstić information content (AvgIpc) is 2.16. The van der Waals surface area contributed by atoms with Crippen LogP contribution >= 0.6 is 15.9 Å². The lowest BCUT2D eigenvalue weighted by Crippen LogP contribution is -2.30. The van der Waals surface area contributed by atoms with Crippen LogP contribution in [0.2, 0.25) is 0 Å². The van der Waals surface area contributed by atoms with Crippen molar-refractivity contribution >= 4 is 27.5 Å². The van der Waals surface area contributed by atoms with E-state index in [2.05, 4.69) is 15.9 Å². The fraction of sp³-hybridized carbons (Fsp3) is 0. The number of nitrogens with one attached hydrogen (secondary N) is 1. The maximum absolute atomic E-state index is 11.2. The Labute approximate surface area is 87.3 Å². The van der Waals surface area contributed by atoms with E-state index in [1.54, 1.807) is 0 Å². The van der Waals surface area contributed by atoms with Crippen LogP contribution < -0.4 is 11.3 Å². The predicted octanol–water partition coefficient (Wildman–Crippen LogP) is 0.961. The quantitative estimate of drug-likeness (QED) is 0.358. The molecule has 0 aliphatic carbocycles. The molecular weight excluding hydrogens is 254 g/mol. The molecule has 6 nitrogen and oxygen atoms in total. The minimum atomic E-state index is -0.704. The molecule has 1 amide bonds. The summed E-state index contributed by atoms with van der Waals surface area (Å²) in [6, 6.07) is 4.22. The van der Waals surface area contributed by atoms with Gasteiger partial charge in [0.25, 0.3) is 11.6 Å². The van der Waals surface area contributed by atoms with Crippen molar-refractivity contribution < 1.29 is 9.72 Å². The van der Waals surface area contributed by atoms with Crippen LogP contribution in [0.25, 0.3) is 0 Å². The summed E-state index contributed by atoms with van der Waals surface area (Å²) in [5.74, 6) is 4.19. The highest BCUT2D eigenvalue weighted by Crippen LogP contribution is 2.25. The van der Waals surface area contributed by atoms with E-state index < -0.39 is 10.8 Å². The number of nitro benzene ring substituents is 1. The molecule has 0 fully saturated rings. The Kier molecular flexibility index (Phi) is 3.15. The minimum absolute atomic E-state index is 0.0833. The van der Waals surface area contributed by atoms with Gasteiger partial charge in [0.1, 0.15) is 5.56 Å². The van der Waals surface area contributed by atoms with Gasteiger partial charge in [0.05, 0.1) is 4.92 Å². The highest BCUT2D eigenvalue weighted by atomic mass is 79.9. The number of nitrogen functional groups attached to an aromatic ring is 1. The molecule has 1 aromatic carbocycles. The van der Waals surface area contributed by atoms with Crippen LogP contribution in [0.5, 0.6) is 0 Å². The highest BCUT2D eigenvalue weighted by molar-refractivity contribution is 9.10. The molecule has 0 saturated heterocycles. The van der Waals surface area contributed by atoms with Gasteiger partial charge in [-0.1, -0.05) is 6.07 Å². The fourth-order valence-electron chi connectivity index (χ4n) is 0.962. The van der Waals surface area contributed by atoms with Crippen molar-refractivity contribution in [2.45, 2.75) is 0 Å². The third kappa shape index (κ3) is 1.88. The SMILES string of the molecule is NNC(=O)c1c(Br)cccc1[N+](=O)[O-]. The summed E-state index contributed by atoms with van der Waals surface area (Å²) >= 11 is 3.04. The zero-order valence-corrected chi connectivity index (χ0v) is 8.45. The van der Waals surface area contributed by atoms with Gasteiger partial charge in [-0.15, -0.1) is 0 Å². The molecular formula is C7H6BrN3O3. The van der Waals surface area contributed by atoms with E-state index in [4.69, 9.17) is 5.84 Å². The molecule has 1 aromatic rings. The Hall–Kier alpha value is -1.47. The second kappa shape index (κ2) is 4.16. The van der Waals surface area contributed by atoms with E-state index in [1.807, 2.05) is 5.43 Å². The Bertz CT molecular complexity index is 394. The molecule has 0 saturated carbocycles. The maximum atomic E-state index is 11.2. The zero-order valence-electron chi connectivity index (χ0n) is 6.86. The number of hydrogen-bond donors (Lipinski definition) is 2. The first kappa shape index (κ1) is 10.6. The van der Waals surface area contributed by atoms with Gasteiger partial charge >= 0.3 is 0 Å². The lowest BCUT2D eigenvalue weighted by molar-refractivity contribution is -0.385. The summed E-state index contributed by atoms with van der Waals surface area (Å²) in [4.78, 5) is 21.1. The average molecular weight is 260 g/mol. The van der Waals surface area contributed by atoms with Crippen molar-refractivity contribution in [1.82, 2.24) is 5.43 Å². The second-order valence-electron chi connectivity index (χ2n) is 2.36. The number of carbonyl (C=O) groups excluding carboxylic acids is 1. The number of benzene rings is 1. The molecule has 0 aromatic heterocycles. The lowest BCUT2D eigenvalue weighted by Gasteiger charge is -2.02. The molecule has 0 bridgehead atoms. The summed E-state index contributed by atoms with van der Waals surface area (Å²) in [7, 11) is 0. The maximum Gasteiger partial charge on any atom is 0.283 e. The number of halogens is 1. The summed E-state index contributed by atoms with van der Waals surface area (Å²) in [5, 5.41) is 10.6. The molecule has 0 unspecified atom stereocenters. The summed E-state index contributed by atoms with van der Waals surface area (Å²) in [5.41, 5.74) is 1.47. The molecule has 14 heavy (non-hydrogen) atoms. The molecule has 0 spiro atoms. The standard InChI is InChI=1S/C7H6BrN3O3/c8-4-2-1-3-5(11(13)14)6(4)7(12)10-9/h1-3H,9H2,(H,10,12). The Morgan fingerprint density at radius 2 is 2.21 bits per heavy atom. The van der Waals surface area contributed by atoms with Gasteiger partial charge in [0.15, 0.2) is 0 Å². The molecule has 0 aliphatic rings. The monoisotopic (exact) mass is 259 g/mol. The number of carbonyl (C=O) groups is 1. The van der Waals surface area contributed by atoms with E-state index in [0.717, 1.165) is 0 Å². The van der Waals surface area contributed by atoms with E-state index >= 15 is 0 Å². The number of rotatable bonds is 2. The van der Waals surface area contributed by atoms with Crippen LogP contribution in [0.15, 0.2) is 22.7 Å². The molecule has 0 radical (unpaired) electrons. The van der Waals surface area contributed by atoms with Crippen molar-refractivity contribution in [3.05, 3.63) is 38.3 Å². The summed E-state index contributed by atoms with van der Waals surface area (Å²) < 4.78 is 0.328. The molecule has 7 heteroatoms. The first-order valence-corrected chi connectivity index (χ1v) is 4.31. The topological polar surface area (TPSA) is 98.3 Å². The molecule has 0 atom stereocenters. The van der Waals surface area contributed by atoms with Crippen LogP contribution in [-0.4, -0.2) is 10.8 Å². The third-order valence-electron chi connectivity index (χ3n) is 1.55. The zero-order chi connectivity index (χ0) is 10.7. The molecule has 1 rings (SSSR count). The molecule has 0 aliphatic heterocycles. The van der Waals surface area contributed by atoms with Gasteiger partial charge in [-0.2, -0.15) is 0 Å². The van der Waals surface area contributed by atoms with Gasteiger partial charge in [0, 0.05) is 10.5 Å². The Balaban J connectivity index is 3.36. The van der Waals surface area contributed by atoms with Gasteiger partial charge < -0.3 is 0 Å². The van der Waals surface area contributed by atoms with E-state index in [0.29, 0.717) is 4.47 Å². The van der Waals surface area contributed by atoms with Crippen molar-refractivity contribution in [1.29, 1.82) is 0 Å². The van der Waals surface area contributed by atoms with Crippen molar-refractivity contribution in [3.8, 4) is 0 Å². The Morgan fingerprint density at radius 3 is 2.71 bits per heavy atom. The summed E-state index contributed by atoms with van der Waals surface area (Å²) in [6.07, 6.45) is 0. The highest BCUT2D eigenvalue weighted by Gasteiger charge is 2.21. The number of hydrazine groups is 1. The van der Waals surface area contributed by atoms with Crippen LogP contribution in [0, 0.1) is 10.1 Å². The van der Waals surface area contributed by atoms with Crippen molar-refractivity contribution in [2.75, 3.05) is 0 Å². The molecule has 0 heterocycles. The lowest BCUT2D eigenvalue weighted by atomic mass is 10.2. The normalized spacial score (nSPS) is 9.57. The fourth-order valence-corrected chi connectivity index (χ4v) is 1.50. The smallest absolute Gasteiger partial charge is 0.283 e. The number of nitrogens with zero attached hydrogens (tertiary/aromatic N) is 1. The van der Waals surface area contributed by atoms with Gasteiger partial charge in [-0.25, -0.2) is 5.84 Å². The minimum Gasteiger partial charge on any atom is -0.290 e. The summed E-state index contributed by atoms with van der Waals surface area (Å²) in [6.45, 7) is 0. The largest absolute Gasteiger partial charge is 0.290 e. The third-order valence-corrected chi connectivity index (χ3v) is 2.21. The van der Waals surface area contributed by atoms with Crippen LogP contribution in [-0.2, 0) is 0 Å². The molecule has 3 N–H and O–H groups in total. The first-order valence-electron chi connectivity index (χ1n) is 3.51. The Morgan fingerprint density at radius 1 is 1.57 bits per heavy atom. The van der Waals surface area contributed by atoms with Crippen molar-refractivity contribution in [2.24, 2.45) is 5.84 Å². The van der Waals surface area contributed by atoms with Gasteiger partial charge in [0.2, 0.25) is 0 Å². The van der Waals surface area contributed by atoms with Crippen LogP contribution in [0.3, 0.4) is 0 Å². The van der Waals surface area contributed by atoms with Gasteiger partial charge in [-0.3, -0.25) is 20.3 Å². The number of nitro groups is 1.